The Morgan fingerprint density at radius 2 is 1.88 bits per heavy atom. The summed E-state index contributed by atoms with van der Waals surface area (Å²) in [5.41, 5.74) is -0.0279. The van der Waals surface area contributed by atoms with Crippen molar-refractivity contribution in [2.45, 2.75) is 38.1 Å². The third-order valence-corrected chi connectivity index (χ3v) is 4.55. The molecule has 1 rings (SSSR count). The molecule has 3 N–H and O–H groups in total. The van der Waals surface area contributed by atoms with Gasteiger partial charge in [0.1, 0.15) is 0 Å². The molecule has 0 bridgehead atoms. The zero-order valence-corrected chi connectivity index (χ0v) is 15.7. The van der Waals surface area contributed by atoms with Gasteiger partial charge in [-0.15, -0.1) is 0 Å². The molecule has 0 spiro atoms. The van der Waals surface area contributed by atoms with Crippen LogP contribution in [0.5, 0.6) is 0 Å². The van der Waals surface area contributed by atoms with Gasteiger partial charge >= 0.3 is 12.0 Å². The van der Waals surface area contributed by atoms with Crippen molar-refractivity contribution >= 4 is 27.9 Å². The maximum absolute atomic E-state index is 12.1. The monoisotopic (exact) mass is 385 g/mol. The van der Waals surface area contributed by atoms with Crippen LogP contribution in [0.4, 0.5) is 4.79 Å². The van der Waals surface area contributed by atoms with Crippen LogP contribution < -0.4 is 15.4 Å². The van der Waals surface area contributed by atoms with Crippen LogP contribution in [0, 0.1) is 0 Å². The van der Waals surface area contributed by atoms with Crippen LogP contribution >= 0.6 is 0 Å². The van der Waals surface area contributed by atoms with E-state index in [1.165, 1.54) is 18.2 Å². The third kappa shape index (κ3) is 7.19. The highest BCUT2D eigenvalue weighted by Gasteiger charge is 2.18. The van der Waals surface area contributed by atoms with Crippen molar-refractivity contribution in [1.29, 1.82) is 0 Å². The number of carbonyl (C=O) groups is 3. The smallest absolute Gasteiger partial charge is 0.338 e. The van der Waals surface area contributed by atoms with Gasteiger partial charge in [-0.25, -0.2) is 22.7 Å². The molecule has 0 atom stereocenters. The summed E-state index contributed by atoms with van der Waals surface area (Å²) >= 11 is 0. The predicted molar refractivity (Wildman–Crippen MR) is 94.0 cm³/mol. The quantitative estimate of drug-likeness (QED) is 0.567. The number of esters is 1. The fraction of sp³-hybridized carbons (Fsp3) is 0.438. The van der Waals surface area contributed by atoms with E-state index in [1.54, 1.807) is 13.8 Å². The molecule has 0 fully saturated rings. The second kappa shape index (κ2) is 9.88. The number of hydrogen-bond donors (Lipinski definition) is 3. The van der Waals surface area contributed by atoms with E-state index in [2.05, 4.69) is 10.0 Å². The Kier molecular flexibility index (Phi) is 8.20. The summed E-state index contributed by atoms with van der Waals surface area (Å²) in [5, 5.41) is 4.44. The van der Waals surface area contributed by atoms with Gasteiger partial charge in [0.15, 0.2) is 6.61 Å². The number of carbonyl (C=O) groups excluding carboxylic acids is 3. The van der Waals surface area contributed by atoms with Gasteiger partial charge in [0.25, 0.3) is 5.91 Å². The summed E-state index contributed by atoms with van der Waals surface area (Å²) in [6, 6.07) is 4.26. The minimum Gasteiger partial charge on any atom is -0.452 e. The van der Waals surface area contributed by atoms with E-state index in [0.29, 0.717) is 13.0 Å². The fourth-order valence-corrected chi connectivity index (χ4v) is 3.12. The second-order valence-electron chi connectivity index (χ2n) is 5.68. The molecule has 0 aliphatic carbocycles. The van der Waals surface area contributed by atoms with Gasteiger partial charge in [-0.2, -0.15) is 0 Å². The zero-order valence-electron chi connectivity index (χ0n) is 14.9. The number of urea groups is 1. The standard InChI is InChI=1S/C16H23N3O6S/c1-4-8-17-16(22)18-14(20)10-25-15(21)12-6-5-7-13(9-12)26(23,24)19-11(2)3/h5-7,9,11,19H,4,8,10H2,1-3H3,(H2,17,18,20,22). The molecular weight excluding hydrogens is 362 g/mol. The Morgan fingerprint density at radius 1 is 1.19 bits per heavy atom. The van der Waals surface area contributed by atoms with Crippen molar-refractivity contribution in [3.05, 3.63) is 29.8 Å². The minimum atomic E-state index is -3.76. The molecule has 0 aromatic heterocycles. The first-order valence-electron chi connectivity index (χ1n) is 8.03. The number of sulfonamides is 1. The normalized spacial score (nSPS) is 11.1. The van der Waals surface area contributed by atoms with E-state index in [1.807, 2.05) is 12.2 Å². The first kappa shape index (κ1) is 21.6. The fourth-order valence-electron chi connectivity index (χ4n) is 1.83. The highest BCUT2D eigenvalue weighted by molar-refractivity contribution is 7.89. The molecular formula is C16H23N3O6S. The van der Waals surface area contributed by atoms with Gasteiger partial charge in [-0.3, -0.25) is 10.1 Å². The van der Waals surface area contributed by atoms with Crippen LogP contribution in [0.25, 0.3) is 0 Å². The Morgan fingerprint density at radius 3 is 2.50 bits per heavy atom. The first-order valence-corrected chi connectivity index (χ1v) is 9.51. The van der Waals surface area contributed by atoms with Crippen LogP contribution in [-0.4, -0.2) is 45.5 Å². The van der Waals surface area contributed by atoms with E-state index in [-0.39, 0.29) is 16.5 Å². The molecule has 9 nitrogen and oxygen atoms in total. The Balaban J connectivity index is 2.67. The van der Waals surface area contributed by atoms with E-state index >= 15 is 0 Å². The molecule has 26 heavy (non-hydrogen) atoms. The number of amides is 3. The number of nitrogens with one attached hydrogen (secondary N) is 3. The molecule has 0 saturated carbocycles. The Hall–Kier alpha value is -2.46. The maximum Gasteiger partial charge on any atom is 0.338 e. The van der Waals surface area contributed by atoms with E-state index in [4.69, 9.17) is 4.74 Å². The summed E-state index contributed by atoms with van der Waals surface area (Å²) in [7, 11) is -3.76. The summed E-state index contributed by atoms with van der Waals surface area (Å²) in [6.45, 7) is 4.94. The van der Waals surface area contributed by atoms with E-state index < -0.39 is 34.5 Å². The number of ether oxygens (including phenoxy) is 1. The van der Waals surface area contributed by atoms with Crippen molar-refractivity contribution in [3.63, 3.8) is 0 Å². The summed E-state index contributed by atoms with van der Waals surface area (Å²) in [4.78, 5) is 34.8. The molecule has 1 aromatic carbocycles. The molecule has 144 valence electrons. The average Bonchev–Trinajstić information content (AvgIpc) is 2.56. The number of hydrogen-bond acceptors (Lipinski definition) is 6. The Bertz CT molecular complexity index is 761. The van der Waals surface area contributed by atoms with E-state index in [9.17, 15) is 22.8 Å². The lowest BCUT2D eigenvalue weighted by Crippen LogP contribution is -2.41. The SMILES string of the molecule is CCCNC(=O)NC(=O)COC(=O)c1cccc(S(=O)(=O)NC(C)C)c1. The molecule has 0 radical (unpaired) electrons. The van der Waals surface area contributed by atoms with Gasteiger partial charge in [-0.05, 0) is 38.5 Å². The van der Waals surface area contributed by atoms with Crippen molar-refractivity contribution in [3.8, 4) is 0 Å². The van der Waals surface area contributed by atoms with Crippen LogP contribution in [0.1, 0.15) is 37.6 Å². The van der Waals surface area contributed by atoms with Crippen molar-refractivity contribution in [1.82, 2.24) is 15.4 Å². The number of rotatable bonds is 8. The predicted octanol–water partition coefficient (Wildman–Crippen LogP) is 0.766. The zero-order chi connectivity index (χ0) is 19.7. The molecule has 0 unspecified atom stereocenters. The maximum atomic E-state index is 12.1. The summed E-state index contributed by atoms with van der Waals surface area (Å²) in [6.07, 6.45) is 0.710. The lowest BCUT2D eigenvalue weighted by Gasteiger charge is -2.10. The molecule has 0 heterocycles. The van der Waals surface area contributed by atoms with Gasteiger partial charge in [0.2, 0.25) is 10.0 Å². The van der Waals surface area contributed by atoms with Crippen LogP contribution in [-0.2, 0) is 19.6 Å². The van der Waals surface area contributed by atoms with E-state index in [0.717, 1.165) is 6.07 Å². The van der Waals surface area contributed by atoms with Crippen LogP contribution in [0.2, 0.25) is 0 Å². The molecule has 3 amide bonds. The van der Waals surface area contributed by atoms with Gasteiger partial charge < -0.3 is 10.1 Å². The minimum absolute atomic E-state index is 0.0279. The lowest BCUT2D eigenvalue weighted by atomic mass is 10.2. The number of benzene rings is 1. The molecule has 0 aliphatic rings. The highest BCUT2D eigenvalue weighted by Crippen LogP contribution is 2.13. The van der Waals surface area contributed by atoms with Crippen molar-refractivity contribution in [2.75, 3.05) is 13.2 Å². The lowest BCUT2D eigenvalue weighted by molar-refractivity contribution is -0.123. The van der Waals surface area contributed by atoms with Gasteiger partial charge in [0, 0.05) is 12.6 Å². The summed E-state index contributed by atoms with van der Waals surface area (Å²) < 4.78 is 31.4. The van der Waals surface area contributed by atoms with Crippen molar-refractivity contribution < 1.29 is 27.5 Å². The average molecular weight is 385 g/mol. The van der Waals surface area contributed by atoms with Gasteiger partial charge in [-0.1, -0.05) is 13.0 Å². The molecule has 0 aliphatic heterocycles. The first-order chi connectivity index (χ1) is 12.2. The topological polar surface area (TPSA) is 131 Å². The highest BCUT2D eigenvalue weighted by atomic mass is 32.2. The molecule has 1 aromatic rings. The van der Waals surface area contributed by atoms with Crippen molar-refractivity contribution in [2.24, 2.45) is 0 Å². The largest absolute Gasteiger partial charge is 0.452 e. The van der Waals surface area contributed by atoms with Gasteiger partial charge in [0.05, 0.1) is 10.5 Å². The molecule has 10 heteroatoms. The van der Waals surface area contributed by atoms with Crippen LogP contribution in [0.15, 0.2) is 29.2 Å². The number of imide groups is 1. The second-order valence-corrected chi connectivity index (χ2v) is 7.40. The Labute approximate surface area is 152 Å². The summed E-state index contributed by atoms with van der Waals surface area (Å²) in [5.74, 6) is -1.67. The third-order valence-electron chi connectivity index (χ3n) is 2.89. The van der Waals surface area contributed by atoms with Crippen LogP contribution in [0.3, 0.4) is 0 Å². The molecule has 0 saturated heterocycles.